The van der Waals surface area contributed by atoms with Crippen molar-refractivity contribution in [1.82, 2.24) is 5.01 Å². The topological polar surface area (TPSA) is 46.3 Å². The molecule has 0 saturated carbocycles. The summed E-state index contributed by atoms with van der Waals surface area (Å²) in [5.74, 6) is 5.08. The Morgan fingerprint density at radius 2 is 2.14 bits per heavy atom. The average molecular weight is 233 g/mol. The predicted octanol–water partition coefficient (Wildman–Crippen LogP) is 1.87. The van der Waals surface area contributed by atoms with Crippen LogP contribution in [0.1, 0.15) is 5.56 Å². The highest BCUT2D eigenvalue weighted by Gasteiger charge is 2.09. The lowest BCUT2D eigenvalue weighted by molar-refractivity contribution is -0.129. The Bertz CT molecular complexity index is 353. The molecule has 0 aromatic heterocycles. The van der Waals surface area contributed by atoms with E-state index in [1.54, 1.807) is 18.2 Å². The second kappa shape index (κ2) is 4.64. The number of carbonyl (C=O) groups is 1. The summed E-state index contributed by atoms with van der Waals surface area (Å²) < 4.78 is 0. The van der Waals surface area contributed by atoms with E-state index in [2.05, 4.69) is 0 Å². The van der Waals surface area contributed by atoms with Gasteiger partial charge in [-0.1, -0.05) is 29.3 Å². The molecule has 0 unspecified atom stereocenters. The van der Waals surface area contributed by atoms with Crippen molar-refractivity contribution in [3.05, 3.63) is 33.8 Å². The highest BCUT2D eigenvalue weighted by atomic mass is 35.5. The molecule has 0 spiro atoms. The van der Waals surface area contributed by atoms with Gasteiger partial charge in [-0.15, -0.1) is 0 Å². The van der Waals surface area contributed by atoms with Gasteiger partial charge < -0.3 is 0 Å². The van der Waals surface area contributed by atoms with Crippen LogP contribution < -0.4 is 5.84 Å². The zero-order valence-electron chi connectivity index (χ0n) is 7.63. The summed E-state index contributed by atoms with van der Waals surface area (Å²) >= 11 is 11.6. The summed E-state index contributed by atoms with van der Waals surface area (Å²) in [5.41, 5.74) is 0.721. The normalized spacial score (nSPS) is 10.0. The summed E-state index contributed by atoms with van der Waals surface area (Å²) in [5, 5.41) is 2.06. The van der Waals surface area contributed by atoms with Crippen LogP contribution in [0.5, 0.6) is 0 Å². The Balaban J connectivity index is 2.82. The van der Waals surface area contributed by atoms with Gasteiger partial charge in [0.05, 0.1) is 6.42 Å². The molecule has 14 heavy (non-hydrogen) atoms. The van der Waals surface area contributed by atoms with Crippen LogP contribution in [-0.2, 0) is 11.2 Å². The lowest BCUT2D eigenvalue weighted by Gasteiger charge is -2.10. The van der Waals surface area contributed by atoms with Gasteiger partial charge in [-0.25, -0.2) is 5.84 Å². The van der Waals surface area contributed by atoms with Crippen LogP contribution >= 0.6 is 23.2 Å². The molecule has 0 aliphatic carbocycles. The summed E-state index contributed by atoms with van der Waals surface area (Å²) in [4.78, 5) is 11.3. The van der Waals surface area contributed by atoms with E-state index in [1.807, 2.05) is 0 Å². The van der Waals surface area contributed by atoms with E-state index in [-0.39, 0.29) is 12.3 Å². The third-order valence-electron chi connectivity index (χ3n) is 1.75. The molecule has 0 aliphatic heterocycles. The van der Waals surface area contributed by atoms with Crippen molar-refractivity contribution in [2.75, 3.05) is 7.05 Å². The van der Waals surface area contributed by atoms with Gasteiger partial charge >= 0.3 is 0 Å². The molecule has 1 rings (SSSR count). The van der Waals surface area contributed by atoms with Crippen molar-refractivity contribution in [3.8, 4) is 0 Å². The van der Waals surface area contributed by atoms with Crippen molar-refractivity contribution in [2.45, 2.75) is 6.42 Å². The Labute approximate surface area is 92.4 Å². The zero-order chi connectivity index (χ0) is 10.7. The molecule has 1 amide bonds. The third-order valence-corrected chi connectivity index (χ3v) is 2.34. The number of nitrogens with zero attached hydrogens (tertiary/aromatic N) is 1. The fourth-order valence-corrected chi connectivity index (χ4v) is 1.43. The van der Waals surface area contributed by atoms with Gasteiger partial charge in [-0.3, -0.25) is 9.80 Å². The number of halogens is 2. The summed E-state index contributed by atoms with van der Waals surface area (Å²) in [6.07, 6.45) is 0.184. The van der Waals surface area contributed by atoms with Gasteiger partial charge in [0.1, 0.15) is 0 Å². The van der Waals surface area contributed by atoms with Crippen molar-refractivity contribution in [2.24, 2.45) is 5.84 Å². The Morgan fingerprint density at radius 1 is 1.50 bits per heavy atom. The minimum Gasteiger partial charge on any atom is -0.284 e. The summed E-state index contributed by atoms with van der Waals surface area (Å²) in [7, 11) is 1.49. The smallest absolute Gasteiger partial charge is 0.240 e. The van der Waals surface area contributed by atoms with E-state index >= 15 is 0 Å². The number of likely N-dealkylation sites (N-methyl/N-ethyl adjacent to an activating group) is 1. The van der Waals surface area contributed by atoms with Crippen LogP contribution in [-0.4, -0.2) is 18.0 Å². The van der Waals surface area contributed by atoms with E-state index in [0.717, 1.165) is 10.6 Å². The Morgan fingerprint density at radius 3 is 2.64 bits per heavy atom. The van der Waals surface area contributed by atoms with Crippen LogP contribution in [0.2, 0.25) is 10.0 Å². The molecular weight excluding hydrogens is 223 g/mol. The molecule has 0 bridgehead atoms. The van der Waals surface area contributed by atoms with Crippen LogP contribution in [0.15, 0.2) is 18.2 Å². The summed E-state index contributed by atoms with van der Waals surface area (Å²) in [6.45, 7) is 0. The summed E-state index contributed by atoms with van der Waals surface area (Å²) in [6, 6.07) is 5.00. The number of amides is 1. The van der Waals surface area contributed by atoms with Crippen LogP contribution in [0, 0.1) is 0 Å². The molecule has 76 valence electrons. The van der Waals surface area contributed by atoms with Crippen molar-refractivity contribution >= 4 is 29.1 Å². The van der Waals surface area contributed by atoms with Gasteiger partial charge in [-0.2, -0.15) is 0 Å². The van der Waals surface area contributed by atoms with E-state index in [0.29, 0.717) is 10.0 Å². The van der Waals surface area contributed by atoms with Crippen LogP contribution in [0.4, 0.5) is 0 Å². The van der Waals surface area contributed by atoms with Gasteiger partial charge in [0.25, 0.3) is 0 Å². The molecule has 0 heterocycles. The third kappa shape index (κ3) is 2.87. The van der Waals surface area contributed by atoms with E-state index in [1.165, 1.54) is 7.05 Å². The Kier molecular flexibility index (Phi) is 3.75. The number of benzene rings is 1. The van der Waals surface area contributed by atoms with Gasteiger partial charge in [0.15, 0.2) is 0 Å². The predicted molar refractivity (Wildman–Crippen MR) is 57.1 cm³/mol. The Hall–Kier alpha value is -0.770. The molecule has 0 radical (unpaired) electrons. The second-order valence-corrected chi connectivity index (χ2v) is 3.76. The highest BCUT2D eigenvalue weighted by Crippen LogP contribution is 2.21. The van der Waals surface area contributed by atoms with E-state index in [4.69, 9.17) is 29.0 Å². The minimum absolute atomic E-state index is 0.184. The fraction of sp³-hybridized carbons (Fsp3) is 0.222. The number of hydrogen-bond acceptors (Lipinski definition) is 2. The molecule has 0 saturated heterocycles. The molecule has 3 nitrogen and oxygen atoms in total. The zero-order valence-corrected chi connectivity index (χ0v) is 9.14. The van der Waals surface area contributed by atoms with Crippen molar-refractivity contribution in [3.63, 3.8) is 0 Å². The van der Waals surface area contributed by atoms with E-state index < -0.39 is 0 Å². The quantitative estimate of drug-likeness (QED) is 0.481. The monoisotopic (exact) mass is 232 g/mol. The number of rotatable bonds is 2. The van der Waals surface area contributed by atoms with Crippen LogP contribution in [0.3, 0.4) is 0 Å². The number of carbonyl (C=O) groups excluding carboxylic acids is 1. The highest BCUT2D eigenvalue weighted by molar-refractivity contribution is 6.35. The molecular formula is C9H10Cl2N2O. The second-order valence-electron chi connectivity index (χ2n) is 2.92. The average Bonchev–Trinajstić information content (AvgIpc) is 2.09. The van der Waals surface area contributed by atoms with Gasteiger partial charge in [-0.05, 0) is 17.7 Å². The maximum Gasteiger partial charge on any atom is 0.240 e. The molecule has 0 fully saturated rings. The lowest BCUT2D eigenvalue weighted by Crippen LogP contribution is -2.34. The maximum atomic E-state index is 11.3. The molecule has 1 aromatic rings. The SMILES string of the molecule is CN(N)C(=O)Cc1ccc(Cl)cc1Cl. The first-order valence-electron chi connectivity index (χ1n) is 3.96. The molecule has 2 N–H and O–H groups in total. The van der Waals surface area contributed by atoms with Crippen molar-refractivity contribution < 1.29 is 4.79 Å². The number of hydrogen-bond donors (Lipinski definition) is 1. The molecule has 0 aliphatic rings. The first kappa shape index (κ1) is 11.3. The fourth-order valence-electron chi connectivity index (χ4n) is 0.953. The van der Waals surface area contributed by atoms with Gasteiger partial charge in [0, 0.05) is 17.1 Å². The first-order chi connectivity index (χ1) is 6.50. The van der Waals surface area contributed by atoms with Crippen molar-refractivity contribution in [1.29, 1.82) is 0 Å². The molecule has 1 aromatic carbocycles. The minimum atomic E-state index is -0.200. The maximum absolute atomic E-state index is 11.3. The lowest BCUT2D eigenvalue weighted by atomic mass is 10.1. The largest absolute Gasteiger partial charge is 0.284 e. The first-order valence-corrected chi connectivity index (χ1v) is 4.71. The number of hydrazine groups is 1. The van der Waals surface area contributed by atoms with E-state index in [9.17, 15) is 4.79 Å². The number of nitrogens with two attached hydrogens (primary N) is 1. The molecule has 5 heteroatoms. The standard InChI is InChI=1S/C9H10Cl2N2O/c1-13(12)9(14)4-6-2-3-7(10)5-8(6)11/h2-3,5H,4,12H2,1H3. The van der Waals surface area contributed by atoms with Crippen LogP contribution in [0.25, 0.3) is 0 Å². The van der Waals surface area contributed by atoms with Gasteiger partial charge in [0.2, 0.25) is 5.91 Å². The molecule has 0 atom stereocenters.